The largest absolute Gasteiger partial charge is 0.370 e. The lowest BCUT2D eigenvalue weighted by atomic mass is 9.86. The van der Waals surface area contributed by atoms with Gasteiger partial charge in [0.2, 0.25) is 5.91 Å². The van der Waals surface area contributed by atoms with Crippen molar-refractivity contribution in [2.75, 3.05) is 0 Å². The number of carbonyl (C=O) groups excluding carboxylic acids is 3. The van der Waals surface area contributed by atoms with Gasteiger partial charge in [-0.25, -0.2) is 0 Å². The summed E-state index contributed by atoms with van der Waals surface area (Å²) in [5.74, 6) is 0.165. The van der Waals surface area contributed by atoms with E-state index in [0.29, 0.717) is 18.8 Å². The number of hydrogen-bond donors (Lipinski definition) is 2. The van der Waals surface area contributed by atoms with Crippen molar-refractivity contribution in [2.24, 2.45) is 11.7 Å². The molecule has 0 radical (unpaired) electrons. The van der Waals surface area contributed by atoms with Crippen LogP contribution < -0.4 is 11.1 Å². The summed E-state index contributed by atoms with van der Waals surface area (Å²) >= 11 is 0. The second-order valence-corrected chi connectivity index (χ2v) is 4.82. The maximum Gasteiger partial charge on any atom is 0.217 e. The van der Waals surface area contributed by atoms with Gasteiger partial charge < -0.3 is 10.5 Å². The fourth-order valence-corrected chi connectivity index (χ4v) is 2.12. The van der Waals surface area contributed by atoms with Crippen molar-refractivity contribution < 1.29 is 14.4 Å². The first-order valence-corrected chi connectivity index (χ1v) is 6.05. The van der Waals surface area contributed by atoms with Crippen molar-refractivity contribution in [1.29, 1.82) is 0 Å². The minimum Gasteiger partial charge on any atom is -0.370 e. The van der Waals surface area contributed by atoms with Crippen molar-refractivity contribution in [3.05, 3.63) is 0 Å². The summed E-state index contributed by atoms with van der Waals surface area (Å²) in [5, 5.41) is 3.01. The molecule has 5 nitrogen and oxygen atoms in total. The van der Waals surface area contributed by atoms with Crippen LogP contribution in [0.5, 0.6) is 0 Å². The Morgan fingerprint density at radius 3 is 2.82 bits per heavy atom. The monoisotopic (exact) mass is 240 g/mol. The Labute approximate surface area is 101 Å². The van der Waals surface area contributed by atoms with Crippen LogP contribution in [0.25, 0.3) is 0 Å². The van der Waals surface area contributed by atoms with E-state index >= 15 is 0 Å². The van der Waals surface area contributed by atoms with Crippen molar-refractivity contribution in [3.8, 4) is 0 Å². The maximum atomic E-state index is 11.7. The highest BCUT2D eigenvalue weighted by molar-refractivity contribution is 5.85. The number of primary amides is 1. The van der Waals surface area contributed by atoms with Crippen LogP contribution in [0.15, 0.2) is 0 Å². The lowest BCUT2D eigenvalue weighted by Crippen LogP contribution is -2.46. The van der Waals surface area contributed by atoms with Crippen LogP contribution in [-0.4, -0.2) is 30.1 Å². The molecule has 0 spiro atoms. The summed E-state index contributed by atoms with van der Waals surface area (Å²) in [5.41, 5.74) is 5.02. The molecule has 1 aliphatic rings. The van der Waals surface area contributed by atoms with E-state index in [-0.39, 0.29) is 18.2 Å². The molecular weight excluding hydrogens is 220 g/mol. The van der Waals surface area contributed by atoms with E-state index in [0.717, 1.165) is 19.1 Å². The quantitative estimate of drug-likeness (QED) is 0.647. The van der Waals surface area contributed by atoms with Crippen molar-refractivity contribution >= 4 is 18.0 Å². The van der Waals surface area contributed by atoms with Crippen LogP contribution in [0, 0.1) is 5.92 Å². The van der Waals surface area contributed by atoms with Crippen LogP contribution >= 0.6 is 0 Å². The Balaban J connectivity index is 2.42. The Bertz CT molecular complexity index is 304. The first-order chi connectivity index (χ1) is 8.02. The molecule has 0 aromatic carbocycles. The fourth-order valence-electron chi connectivity index (χ4n) is 2.12. The number of nitrogens with one attached hydrogen (secondary N) is 1. The van der Waals surface area contributed by atoms with Gasteiger partial charge in [-0.3, -0.25) is 14.9 Å². The van der Waals surface area contributed by atoms with E-state index in [9.17, 15) is 14.4 Å². The maximum absolute atomic E-state index is 11.7. The molecule has 5 heteroatoms. The standard InChI is InChI=1S/C12H20N2O3/c1-8-2-4-10(11(16)6-8)14-9(7-15)3-5-12(13)17/h7-10,14H,2-6H2,1H3,(H2,13,17)/t8?,9-,10?/m1/s1. The molecule has 0 heterocycles. The third-order valence-corrected chi connectivity index (χ3v) is 3.17. The highest BCUT2D eigenvalue weighted by atomic mass is 16.1. The molecule has 1 aliphatic carbocycles. The summed E-state index contributed by atoms with van der Waals surface area (Å²) in [4.78, 5) is 33.2. The van der Waals surface area contributed by atoms with Gasteiger partial charge in [0.1, 0.15) is 12.1 Å². The molecule has 3 atom stereocenters. The van der Waals surface area contributed by atoms with Crippen LogP contribution in [0.3, 0.4) is 0 Å². The second kappa shape index (κ2) is 6.49. The van der Waals surface area contributed by atoms with Crippen molar-refractivity contribution in [3.63, 3.8) is 0 Å². The normalized spacial score (nSPS) is 26.5. The molecule has 0 bridgehead atoms. The molecule has 1 saturated carbocycles. The topological polar surface area (TPSA) is 89.3 Å². The molecule has 0 aromatic heterocycles. The average molecular weight is 240 g/mol. The lowest BCUT2D eigenvalue weighted by molar-refractivity contribution is -0.124. The van der Waals surface area contributed by atoms with E-state index in [4.69, 9.17) is 5.73 Å². The molecule has 1 fully saturated rings. The van der Waals surface area contributed by atoms with E-state index in [2.05, 4.69) is 12.2 Å². The zero-order valence-electron chi connectivity index (χ0n) is 10.1. The molecule has 1 rings (SSSR count). The average Bonchev–Trinajstić information content (AvgIpc) is 2.26. The summed E-state index contributed by atoms with van der Waals surface area (Å²) in [7, 11) is 0. The minimum atomic E-state index is -0.454. The Kier molecular flexibility index (Phi) is 5.28. The summed E-state index contributed by atoms with van der Waals surface area (Å²) in [6.07, 6.45) is 3.59. The number of rotatable bonds is 6. The van der Waals surface area contributed by atoms with E-state index in [1.54, 1.807) is 0 Å². The fraction of sp³-hybridized carbons (Fsp3) is 0.750. The van der Waals surface area contributed by atoms with E-state index < -0.39 is 11.9 Å². The molecule has 0 aromatic rings. The van der Waals surface area contributed by atoms with Gasteiger partial charge in [0.05, 0.1) is 12.1 Å². The molecule has 2 unspecified atom stereocenters. The number of hydrogen-bond acceptors (Lipinski definition) is 4. The molecule has 1 amide bonds. The Morgan fingerprint density at radius 2 is 2.29 bits per heavy atom. The third kappa shape index (κ3) is 4.65. The zero-order valence-corrected chi connectivity index (χ0v) is 10.1. The van der Waals surface area contributed by atoms with Gasteiger partial charge >= 0.3 is 0 Å². The number of aldehydes is 1. The molecule has 0 aliphatic heterocycles. The first kappa shape index (κ1) is 13.8. The van der Waals surface area contributed by atoms with Crippen LogP contribution in [0.1, 0.15) is 39.0 Å². The highest BCUT2D eigenvalue weighted by Crippen LogP contribution is 2.21. The second-order valence-electron chi connectivity index (χ2n) is 4.82. The van der Waals surface area contributed by atoms with Gasteiger partial charge in [-0.2, -0.15) is 0 Å². The molecule has 17 heavy (non-hydrogen) atoms. The summed E-state index contributed by atoms with van der Waals surface area (Å²) in [6, 6.07) is -0.695. The Hall–Kier alpha value is -1.23. The predicted octanol–water partition coefficient (Wildman–Crippen LogP) is 0.167. The van der Waals surface area contributed by atoms with Gasteiger partial charge in [0.25, 0.3) is 0 Å². The van der Waals surface area contributed by atoms with Gasteiger partial charge in [0, 0.05) is 12.8 Å². The van der Waals surface area contributed by atoms with Gasteiger partial charge in [0.15, 0.2) is 0 Å². The van der Waals surface area contributed by atoms with Crippen LogP contribution in [0.2, 0.25) is 0 Å². The zero-order chi connectivity index (χ0) is 12.8. The Morgan fingerprint density at radius 1 is 1.59 bits per heavy atom. The van der Waals surface area contributed by atoms with Crippen molar-refractivity contribution in [1.82, 2.24) is 5.32 Å². The number of amides is 1. The van der Waals surface area contributed by atoms with Gasteiger partial charge in [-0.1, -0.05) is 6.92 Å². The van der Waals surface area contributed by atoms with E-state index in [1.165, 1.54) is 0 Å². The van der Waals surface area contributed by atoms with E-state index in [1.807, 2.05) is 0 Å². The number of Topliss-reactive ketones (excluding diaryl/α,β-unsaturated/α-hetero) is 1. The SMILES string of the molecule is CC1CCC(N[C@@H](C=O)CCC(N)=O)C(=O)C1. The minimum absolute atomic E-state index is 0.160. The van der Waals surface area contributed by atoms with Crippen molar-refractivity contribution in [2.45, 2.75) is 51.1 Å². The summed E-state index contributed by atoms with van der Waals surface area (Å²) < 4.78 is 0. The smallest absolute Gasteiger partial charge is 0.217 e. The van der Waals surface area contributed by atoms with Crippen LogP contribution in [-0.2, 0) is 14.4 Å². The molecule has 96 valence electrons. The van der Waals surface area contributed by atoms with Crippen LogP contribution in [0.4, 0.5) is 0 Å². The van der Waals surface area contributed by atoms with Gasteiger partial charge in [-0.15, -0.1) is 0 Å². The van der Waals surface area contributed by atoms with Gasteiger partial charge in [-0.05, 0) is 25.2 Å². The molecular formula is C12H20N2O3. The third-order valence-electron chi connectivity index (χ3n) is 3.17. The molecule has 0 saturated heterocycles. The highest BCUT2D eigenvalue weighted by Gasteiger charge is 2.27. The number of ketones is 1. The number of carbonyl (C=O) groups is 3. The first-order valence-electron chi connectivity index (χ1n) is 6.05. The predicted molar refractivity (Wildman–Crippen MR) is 63.2 cm³/mol. The lowest BCUT2D eigenvalue weighted by Gasteiger charge is -2.27. The summed E-state index contributed by atoms with van der Waals surface area (Å²) in [6.45, 7) is 2.05. The molecule has 3 N–H and O–H groups in total. The number of nitrogens with two attached hydrogens (primary N) is 1.